The third-order valence-electron chi connectivity index (χ3n) is 1.56. The van der Waals surface area contributed by atoms with Crippen LogP contribution < -0.4 is 0 Å². The first-order valence-corrected chi connectivity index (χ1v) is 4.24. The van der Waals surface area contributed by atoms with Crippen LogP contribution in [0, 0.1) is 18.8 Å². The normalized spacial score (nSPS) is 8.83. The van der Waals surface area contributed by atoms with Crippen LogP contribution in [-0.2, 0) is 0 Å². The smallest absolute Gasteiger partial charge is 0.0245 e. The van der Waals surface area contributed by atoms with Crippen molar-refractivity contribution in [2.45, 2.75) is 19.8 Å². The van der Waals surface area contributed by atoms with Gasteiger partial charge in [-0.1, -0.05) is 30.9 Å². The predicted molar refractivity (Wildman–Crippen MR) is 52.7 cm³/mol. The zero-order valence-corrected chi connectivity index (χ0v) is 7.43. The molecule has 0 heterocycles. The van der Waals surface area contributed by atoms with Crippen molar-refractivity contribution in [1.29, 1.82) is 0 Å². The molecular formula is C12H13. The molecule has 0 nitrogen and oxygen atoms in total. The lowest BCUT2D eigenvalue weighted by molar-refractivity contribution is 0.983. The van der Waals surface area contributed by atoms with Gasteiger partial charge < -0.3 is 0 Å². The Labute approximate surface area is 74.6 Å². The van der Waals surface area contributed by atoms with Crippen LogP contribution in [-0.4, -0.2) is 0 Å². The molecule has 0 aliphatic rings. The number of rotatable bonds is 1. The second-order valence-electron chi connectivity index (χ2n) is 2.75. The molecule has 0 heteroatoms. The van der Waals surface area contributed by atoms with E-state index in [1.807, 2.05) is 24.3 Å². The number of unbranched alkanes of at least 4 members (excludes halogenated alkanes) is 1. The van der Waals surface area contributed by atoms with E-state index in [1.54, 1.807) is 0 Å². The van der Waals surface area contributed by atoms with E-state index in [1.165, 1.54) is 0 Å². The summed E-state index contributed by atoms with van der Waals surface area (Å²) >= 11 is 0. The van der Waals surface area contributed by atoms with E-state index >= 15 is 0 Å². The molecular weight excluding hydrogens is 144 g/mol. The average Bonchev–Trinajstić information content (AvgIpc) is 2.09. The average molecular weight is 157 g/mol. The van der Waals surface area contributed by atoms with Crippen molar-refractivity contribution in [2.24, 2.45) is 0 Å². The van der Waals surface area contributed by atoms with Gasteiger partial charge in [-0.3, -0.25) is 0 Å². The minimum absolute atomic E-state index is 0.978. The molecule has 0 aliphatic carbocycles. The highest BCUT2D eigenvalue weighted by atomic mass is 13.9. The van der Waals surface area contributed by atoms with Crippen molar-refractivity contribution in [3.05, 3.63) is 42.3 Å². The highest BCUT2D eigenvalue weighted by Gasteiger charge is 1.84. The summed E-state index contributed by atoms with van der Waals surface area (Å²) in [7, 11) is 0. The van der Waals surface area contributed by atoms with E-state index in [9.17, 15) is 0 Å². The van der Waals surface area contributed by atoms with Gasteiger partial charge in [0.2, 0.25) is 0 Å². The molecule has 0 aromatic heterocycles. The molecule has 0 amide bonds. The molecule has 61 valence electrons. The third kappa shape index (κ3) is 2.80. The number of benzene rings is 1. The molecule has 0 fully saturated rings. The third-order valence-corrected chi connectivity index (χ3v) is 1.56. The largest absolute Gasteiger partial charge is 0.0979 e. The minimum Gasteiger partial charge on any atom is -0.0979 e. The Hall–Kier alpha value is -1.22. The van der Waals surface area contributed by atoms with Crippen molar-refractivity contribution < 1.29 is 0 Å². The van der Waals surface area contributed by atoms with Crippen molar-refractivity contribution >= 4 is 0 Å². The fourth-order valence-electron chi connectivity index (χ4n) is 0.878. The molecule has 1 aromatic carbocycles. The first-order valence-electron chi connectivity index (χ1n) is 4.24. The Morgan fingerprint density at radius 3 is 2.50 bits per heavy atom. The predicted octanol–water partition coefficient (Wildman–Crippen LogP) is 3.02. The van der Waals surface area contributed by atoms with E-state index in [0.717, 1.165) is 24.0 Å². The van der Waals surface area contributed by atoms with Crippen LogP contribution >= 0.6 is 0 Å². The maximum absolute atomic E-state index is 3.81. The van der Waals surface area contributed by atoms with Crippen LogP contribution in [0.5, 0.6) is 0 Å². The molecule has 0 N–H and O–H groups in total. The van der Waals surface area contributed by atoms with Gasteiger partial charge in [0.05, 0.1) is 0 Å². The van der Waals surface area contributed by atoms with E-state index in [-0.39, 0.29) is 0 Å². The molecule has 0 bridgehead atoms. The van der Waals surface area contributed by atoms with Gasteiger partial charge >= 0.3 is 0 Å². The number of hydrogen-bond acceptors (Lipinski definition) is 0. The molecule has 0 unspecified atom stereocenters. The van der Waals surface area contributed by atoms with Crippen molar-refractivity contribution in [3.8, 4) is 11.8 Å². The van der Waals surface area contributed by atoms with Crippen LogP contribution in [0.25, 0.3) is 0 Å². The fraction of sp³-hybridized carbons (Fsp3) is 0.250. The second-order valence-corrected chi connectivity index (χ2v) is 2.75. The van der Waals surface area contributed by atoms with Crippen LogP contribution in [0.1, 0.15) is 30.9 Å². The van der Waals surface area contributed by atoms with E-state index in [2.05, 4.69) is 25.7 Å². The SMILES string of the molecule is [CH2]c1ccc(C#CCCC)cc1. The Morgan fingerprint density at radius 1 is 1.25 bits per heavy atom. The Kier molecular flexibility index (Phi) is 3.41. The lowest BCUT2D eigenvalue weighted by Crippen LogP contribution is -1.74. The van der Waals surface area contributed by atoms with Crippen LogP contribution in [0.3, 0.4) is 0 Å². The molecule has 0 saturated heterocycles. The van der Waals surface area contributed by atoms with Crippen molar-refractivity contribution in [1.82, 2.24) is 0 Å². The standard InChI is InChI=1S/C12H13/c1-3-4-5-6-12-9-7-11(2)8-10-12/h7-10H,2-4H2,1H3. The maximum atomic E-state index is 3.81. The first-order chi connectivity index (χ1) is 5.83. The van der Waals surface area contributed by atoms with Gasteiger partial charge in [-0.05, 0) is 31.0 Å². The Balaban J connectivity index is 2.66. The summed E-state index contributed by atoms with van der Waals surface area (Å²) in [6.07, 6.45) is 2.10. The van der Waals surface area contributed by atoms with Gasteiger partial charge in [-0.25, -0.2) is 0 Å². The zero-order valence-electron chi connectivity index (χ0n) is 7.43. The van der Waals surface area contributed by atoms with Gasteiger partial charge in [0.25, 0.3) is 0 Å². The second kappa shape index (κ2) is 4.62. The molecule has 0 aliphatic heterocycles. The fourth-order valence-corrected chi connectivity index (χ4v) is 0.878. The zero-order chi connectivity index (χ0) is 8.81. The lowest BCUT2D eigenvalue weighted by atomic mass is 10.1. The summed E-state index contributed by atoms with van der Waals surface area (Å²) in [4.78, 5) is 0. The van der Waals surface area contributed by atoms with Crippen molar-refractivity contribution in [3.63, 3.8) is 0 Å². The van der Waals surface area contributed by atoms with Crippen LogP contribution in [0.15, 0.2) is 24.3 Å². The Bertz CT molecular complexity index is 282. The van der Waals surface area contributed by atoms with E-state index < -0.39 is 0 Å². The molecule has 0 atom stereocenters. The van der Waals surface area contributed by atoms with Gasteiger partial charge in [-0.15, -0.1) is 0 Å². The highest BCUT2D eigenvalue weighted by Crippen LogP contribution is 2.00. The summed E-state index contributed by atoms with van der Waals surface area (Å²) in [5, 5.41) is 0. The van der Waals surface area contributed by atoms with Gasteiger partial charge in [0, 0.05) is 12.0 Å². The van der Waals surface area contributed by atoms with E-state index in [4.69, 9.17) is 0 Å². The molecule has 0 saturated carbocycles. The summed E-state index contributed by atoms with van der Waals surface area (Å²) in [5.74, 6) is 6.20. The summed E-state index contributed by atoms with van der Waals surface area (Å²) in [5.41, 5.74) is 2.12. The lowest BCUT2D eigenvalue weighted by Gasteiger charge is -1.90. The van der Waals surface area contributed by atoms with Gasteiger partial charge in [0.15, 0.2) is 0 Å². The van der Waals surface area contributed by atoms with Gasteiger partial charge in [0.1, 0.15) is 0 Å². The monoisotopic (exact) mass is 157 g/mol. The molecule has 0 spiro atoms. The number of hydrogen-bond donors (Lipinski definition) is 0. The maximum Gasteiger partial charge on any atom is 0.0245 e. The molecule has 1 radical (unpaired) electrons. The van der Waals surface area contributed by atoms with E-state index in [0.29, 0.717) is 0 Å². The van der Waals surface area contributed by atoms with Crippen molar-refractivity contribution in [2.75, 3.05) is 0 Å². The summed E-state index contributed by atoms with van der Waals surface area (Å²) in [6, 6.07) is 7.97. The molecule has 1 aromatic rings. The Morgan fingerprint density at radius 2 is 1.92 bits per heavy atom. The summed E-state index contributed by atoms with van der Waals surface area (Å²) in [6.45, 7) is 5.94. The quantitative estimate of drug-likeness (QED) is 0.550. The van der Waals surface area contributed by atoms with Crippen LogP contribution in [0.4, 0.5) is 0 Å². The van der Waals surface area contributed by atoms with Crippen LogP contribution in [0.2, 0.25) is 0 Å². The van der Waals surface area contributed by atoms with Gasteiger partial charge in [-0.2, -0.15) is 0 Å². The molecule has 1 rings (SSSR count). The minimum atomic E-state index is 0.978. The topological polar surface area (TPSA) is 0 Å². The summed E-state index contributed by atoms with van der Waals surface area (Å²) < 4.78 is 0. The molecule has 12 heavy (non-hydrogen) atoms. The first kappa shape index (κ1) is 8.87. The highest BCUT2D eigenvalue weighted by molar-refractivity contribution is 5.36.